The van der Waals surface area contributed by atoms with Crippen molar-refractivity contribution in [2.24, 2.45) is 35.5 Å². The highest BCUT2D eigenvalue weighted by Crippen LogP contribution is 2.65. The molecule has 2 amide bonds. The number of amides is 2. The fourth-order valence-electron chi connectivity index (χ4n) is 4.96. The maximum atomic E-state index is 12.8. The van der Waals surface area contributed by atoms with Crippen LogP contribution in [0, 0.1) is 35.5 Å². The van der Waals surface area contributed by atoms with E-state index in [-0.39, 0.29) is 42.0 Å². The fraction of sp³-hybridized carbons (Fsp3) is 0.421. The van der Waals surface area contributed by atoms with Crippen molar-refractivity contribution in [2.45, 2.75) is 6.42 Å². The summed E-state index contributed by atoms with van der Waals surface area (Å²) in [6.07, 6.45) is 5.37. The first-order valence-corrected chi connectivity index (χ1v) is 8.44. The Bertz CT molecular complexity index is 735. The van der Waals surface area contributed by atoms with Gasteiger partial charge in [0.25, 0.3) is 0 Å². The average Bonchev–Trinajstić information content (AvgIpc) is 3.37. The molecule has 0 spiro atoms. The van der Waals surface area contributed by atoms with Gasteiger partial charge >= 0.3 is 5.97 Å². The molecular weight excluding hydrogens is 306 g/mol. The molecule has 3 fully saturated rings. The highest BCUT2D eigenvalue weighted by atomic mass is 16.5. The molecule has 24 heavy (non-hydrogen) atoms. The van der Waals surface area contributed by atoms with Gasteiger partial charge in [0.2, 0.25) is 11.8 Å². The number of para-hydroxylation sites is 1. The summed E-state index contributed by atoms with van der Waals surface area (Å²) in [5.74, 6) is 0.409. The van der Waals surface area contributed by atoms with Crippen molar-refractivity contribution in [1.29, 1.82) is 0 Å². The smallest absolute Gasteiger partial charge is 0.331 e. The van der Waals surface area contributed by atoms with Crippen LogP contribution in [0.1, 0.15) is 6.42 Å². The average molecular weight is 323 g/mol. The summed E-state index contributed by atoms with van der Waals surface area (Å²) in [7, 11) is 0. The summed E-state index contributed by atoms with van der Waals surface area (Å²) in [4.78, 5) is 38.8. The van der Waals surface area contributed by atoms with Gasteiger partial charge in [-0.1, -0.05) is 30.4 Å². The monoisotopic (exact) mass is 323 g/mol. The van der Waals surface area contributed by atoms with E-state index in [1.807, 2.05) is 6.07 Å². The minimum atomic E-state index is -0.577. The van der Waals surface area contributed by atoms with E-state index in [4.69, 9.17) is 4.74 Å². The lowest BCUT2D eigenvalue weighted by molar-refractivity contribution is -0.148. The molecule has 1 aromatic rings. The van der Waals surface area contributed by atoms with Crippen LogP contribution in [0.2, 0.25) is 0 Å². The van der Waals surface area contributed by atoms with Gasteiger partial charge in [-0.05, 0) is 42.2 Å². The number of benzene rings is 1. The van der Waals surface area contributed by atoms with Gasteiger partial charge < -0.3 is 4.74 Å². The zero-order valence-electron chi connectivity index (χ0n) is 13.0. The number of nitrogens with zero attached hydrogens (tertiary/aromatic N) is 1. The molecule has 0 unspecified atom stereocenters. The molecule has 2 bridgehead atoms. The minimum absolute atomic E-state index is 0.177. The van der Waals surface area contributed by atoms with Gasteiger partial charge in [-0.25, -0.2) is 4.79 Å². The lowest BCUT2D eigenvalue weighted by atomic mass is 9.63. The third-order valence-corrected chi connectivity index (χ3v) is 6.02. The summed E-state index contributed by atoms with van der Waals surface area (Å²) in [6.45, 7) is -0.297. The van der Waals surface area contributed by atoms with E-state index in [0.717, 1.165) is 11.3 Å². The number of allylic oxidation sites excluding steroid dienone is 2. The van der Waals surface area contributed by atoms with E-state index >= 15 is 0 Å². The molecule has 5 heteroatoms. The molecule has 2 saturated carbocycles. The molecule has 5 nitrogen and oxygen atoms in total. The van der Waals surface area contributed by atoms with Crippen molar-refractivity contribution in [2.75, 3.05) is 6.54 Å². The van der Waals surface area contributed by atoms with Gasteiger partial charge in [-0.2, -0.15) is 0 Å². The Morgan fingerprint density at radius 2 is 1.58 bits per heavy atom. The highest BCUT2D eigenvalue weighted by molar-refractivity contribution is 6.08. The number of likely N-dealkylation sites (tertiary alicyclic amines) is 1. The van der Waals surface area contributed by atoms with Crippen LogP contribution in [0.5, 0.6) is 5.75 Å². The number of hydrogen-bond donors (Lipinski definition) is 0. The predicted molar refractivity (Wildman–Crippen MR) is 83.5 cm³/mol. The number of esters is 1. The molecule has 0 aromatic heterocycles. The second kappa shape index (κ2) is 4.79. The van der Waals surface area contributed by atoms with Gasteiger partial charge in [0.05, 0.1) is 11.8 Å². The Morgan fingerprint density at radius 3 is 2.17 bits per heavy atom. The number of hydrogen-bond acceptors (Lipinski definition) is 4. The molecule has 0 radical (unpaired) electrons. The molecule has 5 aliphatic rings. The zero-order chi connectivity index (χ0) is 16.4. The number of ether oxygens (including phenoxy) is 1. The SMILES string of the molecule is O=C(CN1C(=O)[C@@H]2[C@H]3C=C[C@@H]([C@@H]4C[C@H]34)[C@H]2C1=O)Oc1ccccc1. The van der Waals surface area contributed by atoms with Crippen molar-refractivity contribution < 1.29 is 19.1 Å². The Labute approximate surface area is 139 Å². The van der Waals surface area contributed by atoms with Crippen molar-refractivity contribution in [3.8, 4) is 5.75 Å². The lowest BCUT2D eigenvalue weighted by Crippen LogP contribution is -2.40. The van der Waals surface area contributed by atoms with Crippen LogP contribution >= 0.6 is 0 Å². The maximum Gasteiger partial charge on any atom is 0.331 e. The minimum Gasteiger partial charge on any atom is -0.425 e. The summed E-state index contributed by atoms with van der Waals surface area (Å²) < 4.78 is 5.22. The van der Waals surface area contributed by atoms with Crippen LogP contribution in [0.3, 0.4) is 0 Å². The molecule has 1 heterocycles. The quantitative estimate of drug-likeness (QED) is 0.367. The number of imide groups is 1. The first kappa shape index (κ1) is 14.0. The Balaban J connectivity index is 1.34. The molecule has 1 saturated heterocycles. The normalized spacial score (nSPS) is 38.1. The van der Waals surface area contributed by atoms with Crippen LogP contribution in [0.15, 0.2) is 42.5 Å². The van der Waals surface area contributed by atoms with Crippen LogP contribution in [0.4, 0.5) is 0 Å². The van der Waals surface area contributed by atoms with Crippen LogP contribution in [0.25, 0.3) is 0 Å². The second-order valence-corrected chi connectivity index (χ2v) is 7.20. The summed E-state index contributed by atoms with van der Waals surface area (Å²) in [5.41, 5.74) is 0. The predicted octanol–water partition coefficient (Wildman–Crippen LogP) is 1.65. The van der Waals surface area contributed by atoms with Crippen molar-refractivity contribution in [1.82, 2.24) is 4.90 Å². The molecular formula is C19H17NO4. The van der Waals surface area contributed by atoms with E-state index in [2.05, 4.69) is 12.2 Å². The van der Waals surface area contributed by atoms with Crippen LogP contribution in [-0.2, 0) is 14.4 Å². The Morgan fingerprint density at radius 1 is 1.00 bits per heavy atom. The van der Waals surface area contributed by atoms with E-state index in [0.29, 0.717) is 17.6 Å². The van der Waals surface area contributed by atoms with Gasteiger partial charge in [-0.15, -0.1) is 0 Å². The van der Waals surface area contributed by atoms with Crippen LogP contribution in [-0.4, -0.2) is 29.2 Å². The van der Waals surface area contributed by atoms with E-state index in [9.17, 15) is 14.4 Å². The number of carbonyl (C=O) groups is 3. The largest absolute Gasteiger partial charge is 0.425 e. The molecule has 122 valence electrons. The summed E-state index contributed by atoms with van der Waals surface area (Å²) in [5, 5.41) is 0. The third-order valence-electron chi connectivity index (χ3n) is 6.02. The lowest BCUT2D eigenvalue weighted by Gasteiger charge is -2.37. The topological polar surface area (TPSA) is 63.7 Å². The fourth-order valence-corrected chi connectivity index (χ4v) is 4.96. The van der Waals surface area contributed by atoms with Gasteiger partial charge in [-0.3, -0.25) is 14.5 Å². The summed E-state index contributed by atoms with van der Waals surface area (Å²) >= 11 is 0. The van der Waals surface area contributed by atoms with E-state index in [1.54, 1.807) is 24.3 Å². The third kappa shape index (κ3) is 1.84. The van der Waals surface area contributed by atoms with Crippen molar-refractivity contribution in [3.63, 3.8) is 0 Å². The number of rotatable bonds is 3. The van der Waals surface area contributed by atoms with E-state index < -0.39 is 5.97 Å². The highest BCUT2D eigenvalue weighted by Gasteiger charge is 2.67. The standard InChI is InChI=1S/C19H17NO4/c21-15(24-10-4-2-1-3-5-10)9-20-18(22)16-11-6-7-12(14-8-13(11)14)17(16)19(20)23/h1-7,11-14,16-17H,8-9H2/t11-,12-,13-,14+,16+,17+/m0/s1. The molecule has 1 aliphatic heterocycles. The first-order chi connectivity index (χ1) is 11.6. The molecule has 6 rings (SSSR count). The zero-order valence-corrected chi connectivity index (χ0v) is 13.0. The Kier molecular flexibility index (Phi) is 2.78. The first-order valence-electron chi connectivity index (χ1n) is 8.44. The van der Waals surface area contributed by atoms with Crippen LogP contribution < -0.4 is 4.74 Å². The molecule has 6 atom stereocenters. The maximum absolute atomic E-state index is 12.8. The van der Waals surface area contributed by atoms with Gasteiger partial charge in [0, 0.05) is 0 Å². The van der Waals surface area contributed by atoms with Gasteiger partial charge in [0.1, 0.15) is 12.3 Å². The molecule has 4 aliphatic carbocycles. The van der Waals surface area contributed by atoms with Crippen molar-refractivity contribution in [3.05, 3.63) is 42.5 Å². The summed E-state index contributed by atoms with van der Waals surface area (Å²) in [6, 6.07) is 8.69. The molecule has 0 N–H and O–H groups in total. The van der Waals surface area contributed by atoms with Crippen molar-refractivity contribution >= 4 is 17.8 Å². The van der Waals surface area contributed by atoms with E-state index in [1.165, 1.54) is 0 Å². The molecule has 1 aromatic carbocycles. The second-order valence-electron chi connectivity index (χ2n) is 7.20. The number of carbonyl (C=O) groups excluding carboxylic acids is 3. The Hall–Kier alpha value is -2.43. The van der Waals surface area contributed by atoms with Gasteiger partial charge in [0.15, 0.2) is 0 Å².